The molecular formula is C27H25ClN2O2. The average Bonchev–Trinajstić information content (AvgIpc) is 2.97. The van der Waals surface area contributed by atoms with Gasteiger partial charge in [-0.1, -0.05) is 41.9 Å². The van der Waals surface area contributed by atoms with Gasteiger partial charge in [0.1, 0.15) is 5.70 Å². The minimum atomic E-state index is -0.380. The van der Waals surface area contributed by atoms with E-state index in [1.54, 1.807) is 18.2 Å². The van der Waals surface area contributed by atoms with E-state index in [0.29, 0.717) is 21.8 Å². The first-order valence-electron chi connectivity index (χ1n) is 10.5. The highest BCUT2D eigenvalue weighted by Gasteiger charge is 2.41. The van der Waals surface area contributed by atoms with E-state index < -0.39 is 0 Å². The van der Waals surface area contributed by atoms with E-state index in [4.69, 9.17) is 11.6 Å². The lowest BCUT2D eigenvalue weighted by molar-refractivity contribution is -0.120. The summed E-state index contributed by atoms with van der Waals surface area (Å²) >= 11 is 6.11. The molecule has 0 bridgehead atoms. The molecule has 0 atom stereocenters. The molecule has 0 aromatic heterocycles. The van der Waals surface area contributed by atoms with Gasteiger partial charge < -0.3 is 5.32 Å². The van der Waals surface area contributed by atoms with Gasteiger partial charge in [0.15, 0.2) is 0 Å². The molecular weight excluding hydrogens is 420 g/mol. The van der Waals surface area contributed by atoms with Crippen molar-refractivity contribution in [2.75, 3.05) is 10.2 Å². The molecule has 162 valence electrons. The van der Waals surface area contributed by atoms with Gasteiger partial charge in [0.25, 0.3) is 11.8 Å². The summed E-state index contributed by atoms with van der Waals surface area (Å²) in [6.45, 7) is 9.83. The van der Waals surface area contributed by atoms with Gasteiger partial charge in [-0.05, 0) is 92.3 Å². The summed E-state index contributed by atoms with van der Waals surface area (Å²) in [5, 5.41) is 3.84. The Morgan fingerprint density at radius 1 is 0.719 bits per heavy atom. The van der Waals surface area contributed by atoms with Crippen LogP contribution in [0, 0.1) is 34.6 Å². The van der Waals surface area contributed by atoms with Gasteiger partial charge in [0, 0.05) is 10.7 Å². The Bertz CT molecular complexity index is 1310. The second-order valence-electron chi connectivity index (χ2n) is 8.37. The van der Waals surface area contributed by atoms with Crippen LogP contribution in [0.3, 0.4) is 0 Å². The monoisotopic (exact) mass is 444 g/mol. The minimum Gasteiger partial charge on any atom is -0.350 e. The molecule has 3 aromatic rings. The highest BCUT2D eigenvalue weighted by atomic mass is 35.5. The number of carbonyl (C=O) groups excluding carboxylic acids is 2. The number of rotatable bonds is 4. The Labute approximate surface area is 193 Å². The fourth-order valence-corrected chi connectivity index (χ4v) is 4.13. The third-order valence-corrected chi connectivity index (χ3v) is 6.17. The molecule has 1 heterocycles. The number of anilines is 2. The first kappa shape index (κ1) is 21.8. The standard InChI is InChI=1S/C27H25ClN2O2/c1-15-6-7-17(3)22(12-15)29-25-24(20-9-8-16(2)18(4)13-20)26(31)30(27(25)32)23-11-10-21(28)14-19(23)5/h6-14,29H,1-5H3. The molecule has 0 fully saturated rings. The van der Waals surface area contributed by atoms with E-state index in [-0.39, 0.29) is 17.5 Å². The lowest BCUT2D eigenvalue weighted by Crippen LogP contribution is -2.33. The summed E-state index contributed by atoms with van der Waals surface area (Å²) < 4.78 is 0. The van der Waals surface area contributed by atoms with Crippen molar-refractivity contribution in [1.82, 2.24) is 0 Å². The first-order chi connectivity index (χ1) is 15.2. The van der Waals surface area contributed by atoms with Gasteiger partial charge in [-0.15, -0.1) is 0 Å². The topological polar surface area (TPSA) is 49.4 Å². The molecule has 0 radical (unpaired) electrons. The van der Waals surface area contributed by atoms with Crippen molar-refractivity contribution < 1.29 is 9.59 Å². The fraction of sp³-hybridized carbons (Fsp3) is 0.185. The van der Waals surface area contributed by atoms with Crippen LogP contribution in [-0.2, 0) is 9.59 Å². The molecule has 1 N–H and O–H groups in total. The number of benzene rings is 3. The third kappa shape index (κ3) is 3.82. The molecule has 3 aromatic carbocycles. The fourth-order valence-electron chi connectivity index (χ4n) is 3.90. The molecule has 1 aliphatic heterocycles. The van der Waals surface area contributed by atoms with Crippen molar-refractivity contribution in [3.63, 3.8) is 0 Å². The van der Waals surface area contributed by atoms with Gasteiger partial charge in [-0.3, -0.25) is 9.59 Å². The highest BCUT2D eigenvalue weighted by molar-refractivity contribution is 6.46. The maximum Gasteiger partial charge on any atom is 0.282 e. The number of halogens is 1. The van der Waals surface area contributed by atoms with Crippen molar-refractivity contribution in [2.24, 2.45) is 0 Å². The quantitative estimate of drug-likeness (QED) is 0.482. The molecule has 0 unspecified atom stereocenters. The van der Waals surface area contributed by atoms with Crippen LogP contribution in [0.15, 0.2) is 60.3 Å². The van der Waals surface area contributed by atoms with E-state index in [2.05, 4.69) is 5.32 Å². The van der Waals surface area contributed by atoms with Gasteiger partial charge in [0.05, 0.1) is 11.3 Å². The Balaban J connectivity index is 1.89. The van der Waals surface area contributed by atoms with Crippen LogP contribution in [0.2, 0.25) is 5.02 Å². The van der Waals surface area contributed by atoms with Gasteiger partial charge in [-0.25, -0.2) is 4.90 Å². The Hall–Kier alpha value is -3.37. The van der Waals surface area contributed by atoms with Gasteiger partial charge in [-0.2, -0.15) is 0 Å². The number of imide groups is 1. The smallest absolute Gasteiger partial charge is 0.282 e. The number of aryl methyl sites for hydroxylation is 5. The first-order valence-corrected chi connectivity index (χ1v) is 10.9. The summed E-state index contributed by atoms with van der Waals surface area (Å²) in [6.07, 6.45) is 0. The summed E-state index contributed by atoms with van der Waals surface area (Å²) in [4.78, 5) is 28.6. The van der Waals surface area contributed by atoms with Crippen LogP contribution in [0.25, 0.3) is 5.57 Å². The zero-order valence-corrected chi connectivity index (χ0v) is 19.6. The number of nitrogens with zero attached hydrogens (tertiary/aromatic N) is 1. The lowest BCUT2D eigenvalue weighted by Gasteiger charge is -2.18. The number of hydrogen-bond donors (Lipinski definition) is 1. The van der Waals surface area contributed by atoms with E-state index in [1.165, 1.54) is 4.90 Å². The predicted octanol–water partition coefficient (Wildman–Crippen LogP) is 6.28. The molecule has 32 heavy (non-hydrogen) atoms. The summed E-state index contributed by atoms with van der Waals surface area (Å²) in [5.74, 6) is -0.731. The maximum atomic E-state index is 13.7. The molecule has 4 nitrogen and oxygen atoms in total. The van der Waals surface area contributed by atoms with Crippen LogP contribution in [-0.4, -0.2) is 11.8 Å². The van der Waals surface area contributed by atoms with Crippen molar-refractivity contribution in [3.05, 3.63) is 98.7 Å². The molecule has 5 heteroatoms. The van der Waals surface area contributed by atoms with Crippen molar-refractivity contribution >= 4 is 40.4 Å². The second kappa shape index (κ2) is 8.29. The minimum absolute atomic E-state index is 0.279. The molecule has 0 saturated carbocycles. The van der Waals surface area contributed by atoms with Crippen LogP contribution >= 0.6 is 11.6 Å². The molecule has 0 saturated heterocycles. The van der Waals surface area contributed by atoms with Crippen molar-refractivity contribution in [2.45, 2.75) is 34.6 Å². The zero-order valence-electron chi connectivity index (χ0n) is 18.8. The number of carbonyl (C=O) groups is 2. The molecule has 4 rings (SSSR count). The molecule has 0 aliphatic carbocycles. The Morgan fingerprint density at radius 2 is 1.44 bits per heavy atom. The number of nitrogens with one attached hydrogen (secondary N) is 1. The average molecular weight is 445 g/mol. The van der Waals surface area contributed by atoms with E-state index in [0.717, 1.165) is 33.5 Å². The Kier molecular flexibility index (Phi) is 5.66. The number of hydrogen-bond acceptors (Lipinski definition) is 3. The van der Waals surface area contributed by atoms with E-state index in [1.807, 2.05) is 71.0 Å². The maximum absolute atomic E-state index is 13.7. The summed E-state index contributed by atoms with van der Waals surface area (Å²) in [7, 11) is 0. The van der Waals surface area contributed by atoms with E-state index >= 15 is 0 Å². The zero-order chi connectivity index (χ0) is 23.2. The second-order valence-corrected chi connectivity index (χ2v) is 8.81. The predicted molar refractivity (Wildman–Crippen MR) is 131 cm³/mol. The van der Waals surface area contributed by atoms with Gasteiger partial charge in [0.2, 0.25) is 0 Å². The summed E-state index contributed by atoms with van der Waals surface area (Å²) in [5.41, 5.74) is 7.69. The van der Waals surface area contributed by atoms with E-state index in [9.17, 15) is 9.59 Å². The Morgan fingerprint density at radius 3 is 2.12 bits per heavy atom. The lowest BCUT2D eigenvalue weighted by atomic mass is 9.99. The molecule has 2 amide bonds. The summed E-state index contributed by atoms with van der Waals surface area (Å²) in [6, 6.07) is 17.0. The molecule has 0 spiro atoms. The molecule has 1 aliphatic rings. The number of amides is 2. The van der Waals surface area contributed by atoms with Crippen molar-refractivity contribution in [1.29, 1.82) is 0 Å². The van der Waals surface area contributed by atoms with Crippen LogP contribution in [0.4, 0.5) is 11.4 Å². The third-order valence-electron chi connectivity index (χ3n) is 5.93. The largest absolute Gasteiger partial charge is 0.350 e. The van der Waals surface area contributed by atoms with Crippen molar-refractivity contribution in [3.8, 4) is 0 Å². The SMILES string of the molecule is Cc1ccc(C)c(NC2=C(c3ccc(C)c(C)c3)C(=O)N(c3ccc(Cl)cc3C)C2=O)c1. The normalized spacial score (nSPS) is 13.9. The highest BCUT2D eigenvalue weighted by Crippen LogP contribution is 2.36. The van der Waals surface area contributed by atoms with Crippen LogP contribution in [0.5, 0.6) is 0 Å². The van der Waals surface area contributed by atoms with Crippen LogP contribution < -0.4 is 10.2 Å². The van der Waals surface area contributed by atoms with Gasteiger partial charge >= 0.3 is 0 Å². The van der Waals surface area contributed by atoms with Crippen LogP contribution in [0.1, 0.15) is 33.4 Å².